The molecule has 0 radical (unpaired) electrons. The van der Waals surface area contributed by atoms with Crippen LogP contribution in [0, 0.1) is 12.8 Å². The molecule has 1 aliphatic heterocycles. The molecule has 1 atom stereocenters. The maximum atomic E-state index is 4.74. The maximum absolute atomic E-state index is 4.74. The maximum Gasteiger partial charge on any atom is 0.106 e. The summed E-state index contributed by atoms with van der Waals surface area (Å²) in [6, 6.07) is 0.441. The Morgan fingerprint density at radius 1 is 1.50 bits per heavy atom. The highest BCUT2D eigenvalue weighted by Gasteiger charge is 2.20. The molecule has 1 fully saturated rings. The van der Waals surface area contributed by atoms with E-state index in [0.717, 1.165) is 24.5 Å². The van der Waals surface area contributed by atoms with Crippen molar-refractivity contribution in [3.63, 3.8) is 0 Å². The third-order valence-electron chi connectivity index (χ3n) is 2.82. The first-order chi connectivity index (χ1) is 7.66. The lowest BCUT2D eigenvalue weighted by Gasteiger charge is -2.22. The van der Waals surface area contributed by atoms with Crippen LogP contribution in [0.1, 0.15) is 37.1 Å². The summed E-state index contributed by atoms with van der Waals surface area (Å²) in [7, 11) is 0. The molecule has 2 heterocycles. The lowest BCUT2D eigenvalue weighted by molar-refractivity contribution is 0.575. The number of aryl methyl sites for hydroxylation is 1. The molecule has 16 heavy (non-hydrogen) atoms. The third-order valence-corrected chi connectivity index (χ3v) is 3.89. The minimum Gasteiger partial charge on any atom is -0.346 e. The number of H-pyrrole nitrogens is 1. The predicted octanol–water partition coefficient (Wildman–Crippen LogP) is 2.29. The second-order valence-electron chi connectivity index (χ2n) is 4.87. The van der Waals surface area contributed by atoms with Crippen LogP contribution in [0.3, 0.4) is 0 Å². The molecular formula is C12H21N3S. The number of imidazole rings is 1. The Bertz CT molecular complexity index is 340. The van der Waals surface area contributed by atoms with Crippen LogP contribution in [-0.2, 0) is 6.42 Å². The Kier molecular flexibility index (Phi) is 3.92. The number of thioether (sulfide) groups is 1. The molecule has 0 aromatic carbocycles. The molecule has 2 rings (SSSR count). The van der Waals surface area contributed by atoms with Crippen LogP contribution in [0.15, 0.2) is 0 Å². The van der Waals surface area contributed by atoms with E-state index in [1.807, 2.05) is 11.8 Å². The van der Waals surface area contributed by atoms with Gasteiger partial charge in [0.2, 0.25) is 0 Å². The van der Waals surface area contributed by atoms with Gasteiger partial charge in [0.25, 0.3) is 0 Å². The van der Waals surface area contributed by atoms with Crippen LogP contribution >= 0.6 is 11.8 Å². The number of hydrogen-bond donors (Lipinski definition) is 2. The zero-order valence-electron chi connectivity index (χ0n) is 10.3. The fourth-order valence-electron chi connectivity index (χ4n) is 2.10. The van der Waals surface area contributed by atoms with E-state index in [1.165, 1.54) is 17.1 Å². The van der Waals surface area contributed by atoms with E-state index in [0.29, 0.717) is 12.0 Å². The molecule has 1 saturated heterocycles. The van der Waals surface area contributed by atoms with Gasteiger partial charge in [-0.1, -0.05) is 13.8 Å². The molecule has 0 aliphatic carbocycles. The first-order valence-electron chi connectivity index (χ1n) is 6.03. The van der Waals surface area contributed by atoms with Gasteiger partial charge in [-0.3, -0.25) is 0 Å². The fourth-order valence-corrected chi connectivity index (χ4v) is 3.04. The van der Waals surface area contributed by atoms with Crippen LogP contribution in [-0.4, -0.2) is 28.0 Å². The molecular weight excluding hydrogens is 218 g/mol. The van der Waals surface area contributed by atoms with E-state index in [-0.39, 0.29) is 0 Å². The van der Waals surface area contributed by atoms with E-state index >= 15 is 0 Å². The smallest absolute Gasteiger partial charge is 0.106 e. The number of rotatable bonds is 3. The second kappa shape index (κ2) is 5.23. The summed E-state index contributed by atoms with van der Waals surface area (Å²) in [4.78, 5) is 8.16. The van der Waals surface area contributed by atoms with E-state index in [9.17, 15) is 0 Å². The summed E-state index contributed by atoms with van der Waals surface area (Å²) in [5.41, 5.74) is 2.46. The predicted molar refractivity (Wildman–Crippen MR) is 69.9 cm³/mol. The Morgan fingerprint density at radius 2 is 2.31 bits per heavy atom. The van der Waals surface area contributed by atoms with E-state index in [1.54, 1.807) is 0 Å². The minimum absolute atomic E-state index is 0.441. The van der Waals surface area contributed by atoms with Gasteiger partial charge in [-0.15, -0.1) is 0 Å². The van der Waals surface area contributed by atoms with E-state index in [2.05, 4.69) is 31.1 Å². The Morgan fingerprint density at radius 3 is 2.94 bits per heavy atom. The largest absolute Gasteiger partial charge is 0.346 e. The van der Waals surface area contributed by atoms with Crippen LogP contribution in [0.5, 0.6) is 0 Å². The highest BCUT2D eigenvalue weighted by Crippen LogP contribution is 2.23. The van der Waals surface area contributed by atoms with Crippen LogP contribution in [0.25, 0.3) is 0 Å². The van der Waals surface area contributed by atoms with Gasteiger partial charge in [0.05, 0.1) is 11.7 Å². The zero-order chi connectivity index (χ0) is 11.5. The minimum atomic E-state index is 0.441. The SMILES string of the molecule is Cc1[nH]c(CC(C)C)nc1C1CSCCN1. The molecule has 0 amide bonds. The summed E-state index contributed by atoms with van der Waals surface area (Å²) < 4.78 is 0. The van der Waals surface area contributed by atoms with E-state index < -0.39 is 0 Å². The van der Waals surface area contributed by atoms with Crippen LogP contribution < -0.4 is 5.32 Å². The van der Waals surface area contributed by atoms with Gasteiger partial charge >= 0.3 is 0 Å². The number of aromatic nitrogens is 2. The first kappa shape index (κ1) is 12.0. The quantitative estimate of drug-likeness (QED) is 0.850. The van der Waals surface area contributed by atoms with Crippen LogP contribution in [0.2, 0.25) is 0 Å². The molecule has 4 heteroatoms. The average Bonchev–Trinajstić information content (AvgIpc) is 2.60. The summed E-state index contributed by atoms with van der Waals surface area (Å²) in [6.45, 7) is 7.69. The molecule has 0 spiro atoms. The van der Waals surface area contributed by atoms with Gasteiger partial charge in [0.1, 0.15) is 5.82 Å². The number of nitrogens with zero attached hydrogens (tertiary/aromatic N) is 1. The first-order valence-corrected chi connectivity index (χ1v) is 7.18. The van der Waals surface area contributed by atoms with Crippen molar-refractivity contribution in [1.29, 1.82) is 0 Å². The van der Waals surface area contributed by atoms with Crippen molar-refractivity contribution in [2.24, 2.45) is 5.92 Å². The topological polar surface area (TPSA) is 40.7 Å². The standard InChI is InChI=1S/C12H21N3S/c1-8(2)6-11-14-9(3)12(15-11)10-7-16-5-4-13-10/h8,10,13H,4-7H2,1-3H3,(H,14,15). The summed E-state index contributed by atoms with van der Waals surface area (Å²) in [6.07, 6.45) is 1.04. The fraction of sp³-hybridized carbons (Fsp3) is 0.750. The van der Waals surface area contributed by atoms with Crippen molar-refractivity contribution in [1.82, 2.24) is 15.3 Å². The zero-order valence-corrected chi connectivity index (χ0v) is 11.2. The second-order valence-corrected chi connectivity index (χ2v) is 6.02. The van der Waals surface area contributed by atoms with Gasteiger partial charge in [-0.05, 0) is 12.8 Å². The molecule has 1 unspecified atom stereocenters. The van der Waals surface area contributed by atoms with Gasteiger partial charge in [-0.25, -0.2) is 4.98 Å². The lowest BCUT2D eigenvalue weighted by atomic mass is 10.1. The van der Waals surface area contributed by atoms with Gasteiger partial charge < -0.3 is 10.3 Å². The number of hydrogen-bond acceptors (Lipinski definition) is 3. The normalized spacial score (nSPS) is 21.6. The monoisotopic (exact) mass is 239 g/mol. The van der Waals surface area contributed by atoms with Gasteiger partial charge in [0.15, 0.2) is 0 Å². The molecule has 1 aliphatic rings. The highest BCUT2D eigenvalue weighted by atomic mass is 32.2. The summed E-state index contributed by atoms with van der Waals surface area (Å²) >= 11 is 2.01. The van der Waals surface area contributed by atoms with Crippen molar-refractivity contribution in [2.75, 3.05) is 18.1 Å². The van der Waals surface area contributed by atoms with Gasteiger partial charge in [0, 0.05) is 30.2 Å². The Hall–Kier alpha value is -0.480. The lowest BCUT2D eigenvalue weighted by Crippen LogP contribution is -2.30. The number of aromatic amines is 1. The van der Waals surface area contributed by atoms with E-state index in [4.69, 9.17) is 4.98 Å². The van der Waals surface area contributed by atoms with Gasteiger partial charge in [-0.2, -0.15) is 11.8 Å². The van der Waals surface area contributed by atoms with Crippen molar-refractivity contribution >= 4 is 11.8 Å². The Labute approximate surface area is 102 Å². The van der Waals surface area contributed by atoms with Crippen molar-refractivity contribution in [2.45, 2.75) is 33.2 Å². The summed E-state index contributed by atoms with van der Waals surface area (Å²) in [5, 5.41) is 3.54. The molecule has 2 N–H and O–H groups in total. The molecule has 0 saturated carbocycles. The van der Waals surface area contributed by atoms with Crippen molar-refractivity contribution in [3.8, 4) is 0 Å². The molecule has 3 nitrogen and oxygen atoms in total. The molecule has 1 aromatic heterocycles. The molecule has 1 aromatic rings. The molecule has 0 bridgehead atoms. The third kappa shape index (κ3) is 2.80. The average molecular weight is 239 g/mol. The van der Waals surface area contributed by atoms with Crippen LogP contribution in [0.4, 0.5) is 0 Å². The highest BCUT2D eigenvalue weighted by molar-refractivity contribution is 7.99. The number of nitrogens with one attached hydrogen (secondary N) is 2. The molecule has 90 valence electrons. The van der Waals surface area contributed by atoms with Crippen molar-refractivity contribution in [3.05, 3.63) is 17.2 Å². The summed E-state index contributed by atoms with van der Waals surface area (Å²) in [5.74, 6) is 4.16. The Balaban J connectivity index is 2.10. The van der Waals surface area contributed by atoms with Crippen molar-refractivity contribution < 1.29 is 0 Å².